The van der Waals surface area contributed by atoms with Crippen LogP contribution in [0.5, 0.6) is 0 Å². The second-order valence-corrected chi connectivity index (χ2v) is 5.85. The summed E-state index contributed by atoms with van der Waals surface area (Å²) in [6, 6.07) is 16.3. The van der Waals surface area contributed by atoms with Gasteiger partial charge in [-0.25, -0.2) is 9.18 Å². The summed E-state index contributed by atoms with van der Waals surface area (Å²) in [4.78, 5) is 14.4. The van der Waals surface area contributed by atoms with Crippen molar-refractivity contribution >= 4 is 5.97 Å². The van der Waals surface area contributed by atoms with E-state index >= 15 is 0 Å². The third-order valence-corrected chi connectivity index (χ3v) is 4.15. The first-order valence-corrected chi connectivity index (χ1v) is 7.94. The molecule has 120 valence electrons. The third-order valence-electron chi connectivity index (χ3n) is 4.15. The number of hydrogen-bond donors (Lipinski definition) is 0. The maximum Gasteiger partial charge on any atom is 0.341 e. The van der Waals surface area contributed by atoms with E-state index in [0.29, 0.717) is 0 Å². The summed E-state index contributed by atoms with van der Waals surface area (Å²) in [6.45, 7) is 2.67. The van der Waals surface area contributed by atoms with Gasteiger partial charge >= 0.3 is 5.97 Å². The van der Waals surface area contributed by atoms with Gasteiger partial charge < -0.3 is 4.74 Å². The zero-order chi connectivity index (χ0) is 16.1. The molecule has 0 amide bonds. The van der Waals surface area contributed by atoms with E-state index in [1.54, 1.807) is 12.1 Å². The number of hydrogen-bond acceptors (Lipinski definition) is 3. The minimum absolute atomic E-state index is 0.0132. The average Bonchev–Trinajstić information content (AvgIpc) is 2.58. The fourth-order valence-electron chi connectivity index (χ4n) is 2.87. The van der Waals surface area contributed by atoms with Crippen LogP contribution in [0, 0.1) is 5.82 Å². The Morgan fingerprint density at radius 3 is 2.39 bits per heavy atom. The van der Waals surface area contributed by atoms with Gasteiger partial charge in [0.25, 0.3) is 0 Å². The number of nitrogens with zero attached hydrogens (tertiary/aromatic N) is 1. The first kappa shape index (κ1) is 15.7. The van der Waals surface area contributed by atoms with Crippen molar-refractivity contribution in [3.63, 3.8) is 0 Å². The molecule has 23 heavy (non-hydrogen) atoms. The molecule has 2 aromatic rings. The average molecular weight is 313 g/mol. The van der Waals surface area contributed by atoms with Crippen molar-refractivity contribution in [2.75, 3.05) is 13.1 Å². The Bertz CT molecular complexity index is 651. The summed E-state index contributed by atoms with van der Waals surface area (Å²) < 4.78 is 19.0. The number of halogens is 1. The minimum atomic E-state index is -0.565. The van der Waals surface area contributed by atoms with Gasteiger partial charge in [0, 0.05) is 19.6 Å². The molecule has 4 heteroatoms. The van der Waals surface area contributed by atoms with Crippen LogP contribution in [0.15, 0.2) is 54.6 Å². The molecule has 2 aromatic carbocycles. The summed E-state index contributed by atoms with van der Waals surface area (Å²) in [5, 5.41) is 0. The number of ether oxygens (including phenoxy) is 1. The van der Waals surface area contributed by atoms with Crippen molar-refractivity contribution in [1.29, 1.82) is 0 Å². The lowest BCUT2D eigenvalue weighted by atomic mass is 10.1. The molecule has 0 saturated carbocycles. The maximum absolute atomic E-state index is 13.6. The Kier molecular flexibility index (Phi) is 5.03. The predicted octanol–water partition coefficient (Wildman–Crippen LogP) is 3.65. The van der Waals surface area contributed by atoms with Crippen LogP contribution < -0.4 is 0 Å². The number of piperidine rings is 1. The number of rotatable bonds is 4. The second kappa shape index (κ2) is 7.38. The first-order valence-electron chi connectivity index (χ1n) is 7.94. The predicted molar refractivity (Wildman–Crippen MR) is 86.6 cm³/mol. The van der Waals surface area contributed by atoms with Crippen LogP contribution in [0.3, 0.4) is 0 Å². The van der Waals surface area contributed by atoms with Crippen LogP contribution in [0.4, 0.5) is 4.39 Å². The highest BCUT2D eigenvalue weighted by atomic mass is 19.1. The molecule has 1 heterocycles. The molecular weight excluding hydrogens is 293 g/mol. The lowest BCUT2D eigenvalue weighted by molar-refractivity contribution is 0.00997. The standard InChI is InChI=1S/C19H20FNO2/c20-18-9-5-4-8-17(18)19(22)23-16-10-12-21(13-11-16)14-15-6-2-1-3-7-15/h1-9,16H,10-14H2. The van der Waals surface area contributed by atoms with E-state index in [4.69, 9.17) is 4.74 Å². The zero-order valence-electron chi connectivity index (χ0n) is 13.0. The van der Waals surface area contributed by atoms with E-state index in [0.717, 1.165) is 32.5 Å². The molecule has 0 N–H and O–H groups in total. The topological polar surface area (TPSA) is 29.5 Å². The summed E-state index contributed by atoms with van der Waals surface area (Å²) in [5.74, 6) is -1.09. The van der Waals surface area contributed by atoms with E-state index in [1.165, 1.54) is 17.7 Å². The van der Waals surface area contributed by atoms with Gasteiger partial charge in [0.2, 0.25) is 0 Å². The van der Waals surface area contributed by atoms with Crippen LogP contribution >= 0.6 is 0 Å². The molecule has 3 nitrogen and oxygen atoms in total. The highest BCUT2D eigenvalue weighted by Gasteiger charge is 2.23. The molecule has 3 rings (SSSR count). The molecule has 0 unspecified atom stereocenters. The van der Waals surface area contributed by atoms with Crippen molar-refractivity contribution in [3.8, 4) is 0 Å². The molecular formula is C19H20FNO2. The van der Waals surface area contributed by atoms with E-state index in [9.17, 15) is 9.18 Å². The fraction of sp³-hybridized carbons (Fsp3) is 0.316. The van der Waals surface area contributed by atoms with Crippen molar-refractivity contribution in [3.05, 3.63) is 71.5 Å². The van der Waals surface area contributed by atoms with E-state index < -0.39 is 11.8 Å². The number of benzene rings is 2. The van der Waals surface area contributed by atoms with Gasteiger partial charge in [-0.15, -0.1) is 0 Å². The largest absolute Gasteiger partial charge is 0.459 e. The highest BCUT2D eigenvalue weighted by molar-refractivity contribution is 5.89. The van der Waals surface area contributed by atoms with Crippen molar-refractivity contribution in [1.82, 2.24) is 4.90 Å². The van der Waals surface area contributed by atoms with Crippen LogP contribution in [0.2, 0.25) is 0 Å². The lowest BCUT2D eigenvalue weighted by Gasteiger charge is -2.31. The van der Waals surface area contributed by atoms with E-state index in [1.807, 2.05) is 18.2 Å². The molecule has 1 aliphatic heterocycles. The third kappa shape index (κ3) is 4.17. The van der Waals surface area contributed by atoms with Crippen LogP contribution in [0.1, 0.15) is 28.8 Å². The molecule has 0 radical (unpaired) electrons. The van der Waals surface area contributed by atoms with Crippen molar-refractivity contribution < 1.29 is 13.9 Å². The van der Waals surface area contributed by atoms with Gasteiger partial charge in [-0.05, 0) is 30.5 Å². The van der Waals surface area contributed by atoms with Gasteiger partial charge in [-0.1, -0.05) is 42.5 Å². The molecule has 0 aromatic heterocycles. The highest BCUT2D eigenvalue weighted by Crippen LogP contribution is 2.18. The van der Waals surface area contributed by atoms with Gasteiger partial charge in [0.05, 0.1) is 5.56 Å². The number of esters is 1. The molecule has 1 aliphatic rings. The van der Waals surface area contributed by atoms with Crippen LogP contribution in [-0.4, -0.2) is 30.1 Å². The van der Waals surface area contributed by atoms with E-state index in [-0.39, 0.29) is 11.7 Å². The van der Waals surface area contributed by atoms with Gasteiger partial charge in [0.1, 0.15) is 11.9 Å². The molecule has 0 bridgehead atoms. The Balaban J connectivity index is 1.49. The molecule has 1 saturated heterocycles. The Morgan fingerprint density at radius 2 is 1.70 bits per heavy atom. The number of carbonyl (C=O) groups excluding carboxylic acids is 1. The lowest BCUT2D eigenvalue weighted by Crippen LogP contribution is -2.37. The fourth-order valence-corrected chi connectivity index (χ4v) is 2.87. The maximum atomic E-state index is 13.6. The molecule has 0 atom stereocenters. The summed E-state index contributed by atoms with van der Waals surface area (Å²) >= 11 is 0. The molecule has 0 aliphatic carbocycles. The number of likely N-dealkylation sites (tertiary alicyclic amines) is 1. The normalized spacial score (nSPS) is 16.2. The van der Waals surface area contributed by atoms with Crippen molar-refractivity contribution in [2.24, 2.45) is 0 Å². The minimum Gasteiger partial charge on any atom is -0.459 e. The zero-order valence-corrected chi connectivity index (χ0v) is 13.0. The first-order chi connectivity index (χ1) is 11.2. The SMILES string of the molecule is O=C(OC1CCN(Cc2ccccc2)CC1)c1ccccc1F. The Hall–Kier alpha value is -2.20. The van der Waals surface area contributed by atoms with Crippen molar-refractivity contribution in [2.45, 2.75) is 25.5 Å². The molecule has 0 spiro atoms. The smallest absolute Gasteiger partial charge is 0.341 e. The summed E-state index contributed by atoms with van der Waals surface area (Å²) in [5.41, 5.74) is 1.30. The quantitative estimate of drug-likeness (QED) is 0.807. The Morgan fingerprint density at radius 1 is 1.04 bits per heavy atom. The van der Waals surface area contributed by atoms with E-state index in [2.05, 4.69) is 17.0 Å². The van der Waals surface area contributed by atoms with Gasteiger partial charge in [-0.2, -0.15) is 0 Å². The van der Waals surface area contributed by atoms with Crippen LogP contribution in [-0.2, 0) is 11.3 Å². The molecule has 1 fully saturated rings. The van der Waals surface area contributed by atoms with Crippen LogP contribution in [0.25, 0.3) is 0 Å². The summed E-state index contributed by atoms with van der Waals surface area (Å²) in [6.07, 6.45) is 1.44. The summed E-state index contributed by atoms with van der Waals surface area (Å²) in [7, 11) is 0. The second-order valence-electron chi connectivity index (χ2n) is 5.85. The number of carbonyl (C=O) groups is 1. The van der Waals surface area contributed by atoms with Gasteiger partial charge in [0.15, 0.2) is 0 Å². The monoisotopic (exact) mass is 313 g/mol. The van der Waals surface area contributed by atoms with Gasteiger partial charge in [-0.3, -0.25) is 4.90 Å². The Labute approximate surface area is 135 Å².